The second-order valence-corrected chi connectivity index (χ2v) is 7.40. The number of esters is 2. The molecule has 0 amide bonds. The number of hydrogen-bond acceptors (Lipinski definition) is 6. The predicted octanol–water partition coefficient (Wildman–Crippen LogP) is 1.94. The Hall–Kier alpha value is -2.50. The zero-order chi connectivity index (χ0) is 19.4. The Labute approximate surface area is 151 Å². The fraction of sp³-hybridized carbons (Fsp3) is 0.500. The third kappa shape index (κ3) is 2.31. The summed E-state index contributed by atoms with van der Waals surface area (Å²) in [6.07, 6.45) is 2.62. The minimum Gasteiger partial charge on any atom is -0.457 e. The van der Waals surface area contributed by atoms with Gasteiger partial charge in [0.15, 0.2) is 17.7 Å². The van der Waals surface area contributed by atoms with Gasteiger partial charge in [-0.2, -0.15) is 0 Å². The van der Waals surface area contributed by atoms with Crippen LogP contribution >= 0.6 is 0 Å². The Morgan fingerprint density at radius 3 is 2.62 bits per heavy atom. The third-order valence-electron chi connectivity index (χ3n) is 6.08. The van der Waals surface area contributed by atoms with E-state index in [-0.39, 0.29) is 17.1 Å². The van der Waals surface area contributed by atoms with Gasteiger partial charge >= 0.3 is 11.9 Å². The molecule has 1 aliphatic heterocycles. The van der Waals surface area contributed by atoms with Gasteiger partial charge in [-0.1, -0.05) is 25.7 Å². The molecule has 1 saturated heterocycles. The van der Waals surface area contributed by atoms with Gasteiger partial charge in [-0.3, -0.25) is 9.59 Å². The smallest absolute Gasteiger partial charge is 0.334 e. The average Bonchev–Trinajstić information content (AvgIpc) is 3.06. The van der Waals surface area contributed by atoms with Crippen LogP contribution in [0.15, 0.2) is 36.0 Å². The summed E-state index contributed by atoms with van der Waals surface area (Å²) in [6.45, 7) is 10.4. The highest BCUT2D eigenvalue weighted by molar-refractivity contribution is 6.04. The van der Waals surface area contributed by atoms with Gasteiger partial charge in [-0.05, 0) is 26.8 Å². The van der Waals surface area contributed by atoms with Crippen LogP contribution in [0.3, 0.4) is 0 Å². The molecule has 0 radical (unpaired) electrons. The molecule has 0 spiro atoms. The first-order valence-electron chi connectivity index (χ1n) is 8.64. The van der Waals surface area contributed by atoms with Crippen LogP contribution < -0.4 is 0 Å². The number of ether oxygens (including phenoxy) is 2. The van der Waals surface area contributed by atoms with Gasteiger partial charge in [-0.25, -0.2) is 9.59 Å². The lowest BCUT2D eigenvalue weighted by atomic mass is 9.67. The van der Waals surface area contributed by atoms with E-state index in [0.29, 0.717) is 5.57 Å². The van der Waals surface area contributed by atoms with Gasteiger partial charge in [0.1, 0.15) is 6.10 Å². The first-order chi connectivity index (χ1) is 12.1. The van der Waals surface area contributed by atoms with E-state index in [1.54, 1.807) is 39.8 Å². The number of hydrogen-bond donors (Lipinski definition) is 0. The highest BCUT2D eigenvalue weighted by Gasteiger charge is 2.64. The molecular formula is C20H22O6. The number of ketones is 2. The molecule has 0 aromatic rings. The molecule has 6 heteroatoms. The molecule has 0 N–H and O–H groups in total. The van der Waals surface area contributed by atoms with E-state index in [9.17, 15) is 19.2 Å². The molecule has 26 heavy (non-hydrogen) atoms. The molecule has 6 nitrogen and oxygen atoms in total. The van der Waals surface area contributed by atoms with Gasteiger partial charge in [0.25, 0.3) is 0 Å². The number of rotatable bonds is 2. The Morgan fingerprint density at radius 1 is 1.35 bits per heavy atom. The SMILES string of the molecule is C=C1C(=O)OC2C(=O)C(C)C3C=CC(=O)C3(C)C(OC(=O)/C(C)=C/C)C12. The number of allylic oxidation sites excluding steroid dienone is 3. The second kappa shape index (κ2) is 6.04. The second-order valence-electron chi connectivity index (χ2n) is 7.40. The monoisotopic (exact) mass is 358 g/mol. The summed E-state index contributed by atoms with van der Waals surface area (Å²) in [5.41, 5.74) is -0.720. The van der Waals surface area contributed by atoms with Crippen LogP contribution in [0.1, 0.15) is 27.7 Å². The van der Waals surface area contributed by atoms with E-state index in [0.717, 1.165) is 0 Å². The molecule has 3 rings (SSSR count). The summed E-state index contributed by atoms with van der Waals surface area (Å²) in [5.74, 6) is -3.66. The number of carbonyl (C=O) groups is 4. The van der Waals surface area contributed by atoms with Crippen LogP contribution in [0.2, 0.25) is 0 Å². The van der Waals surface area contributed by atoms with Crippen LogP contribution in [0.4, 0.5) is 0 Å². The number of fused-ring (bicyclic) bond motifs is 2. The van der Waals surface area contributed by atoms with Gasteiger partial charge < -0.3 is 9.47 Å². The van der Waals surface area contributed by atoms with Crippen LogP contribution in [0, 0.1) is 23.2 Å². The lowest BCUT2D eigenvalue weighted by Crippen LogP contribution is -2.49. The topological polar surface area (TPSA) is 86.7 Å². The summed E-state index contributed by atoms with van der Waals surface area (Å²) < 4.78 is 11.0. The summed E-state index contributed by atoms with van der Waals surface area (Å²) in [4.78, 5) is 50.2. The molecule has 1 heterocycles. The van der Waals surface area contributed by atoms with E-state index in [4.69, 9.17) is 9.47 Å². The Morgan fingerprint density at radius 2 is 2.00 bits per heavy atom. The maximum atomic E-state index is 12.9. The van der Waals surface area contributed by atoms with Crippen molar-refractivity contribution < 1.29 is 28.7 Å². The van der Waals surface area contributed by atoms with Crippen LogP contribution in [-0.2, 0) is 28.7 Å². The number of Topliss-reactive ketones (excluding diaryl/α,β-unsaturated/α-hetero) is 1. The van der Waals surface area contributed by atoms with Gasteiger partial charge in [0, 0.05) is 23.0 Å². The normalized spacial score (nSPS) is 39.4. The molecule has 3 aliphatic rings. The van der Waals surface area contributed by atoms with Gasteiger partial charge in [0.2, 0.25) is 0 Å². The van der Waals surface area contributed by atoms with Crippen molar-refractivity contribution in [1.82, 2.24) is 0 Å². The van der Waals surface area contributed by atoms with E-state index >= 15 is 0 Å². The zero-order valence-corrected chi connectivity index (χ0v) is 15.3. The molecule has 6 atom stereocenters. The molecular weight excluding hydrogens is 336 g/mol. The highest BCUT2D eigenvalue weighted by atomic mass is 16.6. The fourth-order valence-corrected chi connectivity index (χ4v) is 4.24. The van der Waals surface area contributed by atoms with E-state index in [2.05, 4.69) is 6.58 Å². The van der Waals surface area contributed by atoms with Crippen LogP contribution in [0.25, 0.3) is 0 Å². The molecule has 1 saturated carbocycles. The first-order valence-corrected chi connectivity index (χ1v) is 8.64. The van der Waals surface area contributed by atoms with Crippen LogP contribution in [-0.4, -0.2) is 35.7 Å². The Kier molecular flexibility index (Phi) is 4.25. The van der Waals surface area contributed by atoms with Crippen molar-refractivity contribution in [3.05, 3.63) is 36.0 Å². The van der Waals surface area contributed by atoms with E-state index in [1.165, 1.54) is 6.08 Å². The zero-order valence-electron chi connectivity index (χ0n) is 15.3. The van der Waals surface area contributed by atoms with Crippen molar-refractivity contribution in [2.24, 2.45) is 23.2 Å². The number of carbonyl (C=O) groups excluding carboxylic acids is 4. The van der Waals surface area contributed by atoms with Gasteiger partial charge in [-0.15, -0.1) is 0 Å². The molecule has 138 valence electrons. The summed E-state index contributed by atoms with van der Waals surface area (Å²) in [5, 5.41) is 0. The standard InChI is InChI=1S/C20H22O6/c1-6-9(2)18(23)26-17-14-11(4)19(24)25-16(14)15(22)10(3)12-7-8-13(21)20(12,17)5/h6-8,10,12,14,16-17H,4H2,1-3,5H3/b9-6+. The van der Waals surface area contributed by atoms with Crippen LogP contribution in [0.5, 0.6) is 0 Å². The maximum absolute atomic E-state index is 12.9. The minimum absolute atomic E-state index is 0.0630. The summed E-state index contributed by atoms with van der Waals surface area (Å²) in [7, 11) is 0. The Bertz CT molecular complexity index is 788. The first kappa shape index (κ1) is 18.3. The molecule has 0 aromatic carbocycles. The highest BCUT2D eigenvalue weighted by Crippen LogP contribution is 2.53. The van der Waals surface area contributed by atoms with E-state index < -0.39 is 47.3 Å². The van der Waals surface area contributed by atoms with Crippen molar-refractivity contribution in [2.45, 2.75) is 39.9 Å². The van der Waals surface area contributed by atoms with E-state index in [1.807, 2.05) is 0 Å². The van der Waals surface area contributed by atoms with Crippen molar-refractivity contribution in [3.63, 3.8) is 0 Å². The quantitative estimate of drug-likeness (QED) is 0.554. The van der Waals surface area contributed by atoms with Crippen molar-refractivity contribution in [3.8, 4) is 0 Å². The van der Waals surface area contributed by atoms with Gasteiger partial charge in [0.05, 0.1) is 11.3 Å². The lowest BCUT2D eigenvalue weighted by molar-refractivity contribution is -0.161. The minimum atomic E-state index is -1.16. The summed E-state index contributed by atoms with van der Waals surface area (Å²) in [6, 6.07) is 0. The maximum Gasteiger partial charge on any atom is 0.334 e. The predicted molar refractivity (Wildman–Crippen MR) is 91.7 cm³/mol. The molecule has 6 unspecified atom stereocenters. The largest absolute Gasteiger partial charge is 0.457 e. The average molecular weight is 358 g/mol. The lowest BCUT2D eigenvalue weighted by Gasteiger charge is -2.39. The molecule has 0 bridgehead atoms. The fourth-order valence-electron chi connectivity index (χ4n) is 4.24. The van der Waals surface area contributed by atoms with Crippen molar-refractivity contribution in [1.29, 1.82) is 0 Å². The molecule has 2 aliphatic carbocycles. The third-order valence-corrected chi connectivity index (χ3v) is 6.08. The summed E-state index contributed by atoms with van der Waals surface area (Å²) >= 11 is 0. The van der Waals surface area contributed by atoms with Crippen molar-refractivity contribution >= 4 is 23.5 Å². The molecule has 2 fully saturated rings. The van der Waals surface area contributed by atoms with Crippen molar-refractivity contribution in [2.75, 3.05) is 0 Å². The molecule has 0 aromatic heterocycles. The Balaban J connectivity index is 2.15.